The molecular formula is C27H32N6O2. The number of nitrogens with one attached hydrogen (secondary N) is 1. The molecule has 6 rings (SSSR count). The second-order valence-corrected chi connectivity index (χ2v) is 9.41. The molecule has 2 aliphatic rings. The van der Waals surface area contributed by atoms with E-state index < -0.39 is 0 Å². The normalized spacial score (nSPS) is 18.0. The highest BCUT2D eigenvalue weighted by Crippen LogP contribution is 2.32. The molecule has 0 radical (unpaired) electrons. The molecule has 0 bridgehead atoms. The van der Waals surface area contributed by atoms with Gasteiger partial charge in [0.1, 0.15) is 5.82 Å². The molecule has 2 aliphatic heterocycles. The summed E-state index contributed by atoms with van der Waals surface area (Å²) in [5.74, 6) is 1.76. The third-order valence-corrected chi connectivity index (χ3v) is 7.17. The van der Waals surface area contributed by atoms with Crippen LogP contribution < -0.4 is 4.90 Å². The van der Waals surface area contributed by atoms with Gasteiger partial charge in [-0.2, -0.15) is 0 Å². The van der Waals surface area contributed by atoms with E-state index in [1.165, 1.54) is 5.56 Å². The maximum atomic E-state index is 9.21. The van der Waals surface area contributed by atoms with E-state index >= 15 is 0 Å². The fourth-order valence-electron chi connectivity index (χ4n) is 5.25. The molecule has 2 aromatic carbocycles. The number of aliphatic hydroxyl groups is 1. The monoisotopic (exact) mass is 472 g/mol. The van der Waals surface area contributed by atoms with Gasteiger partial charge in [0.2, 0.25) is 0 Å². The minimum atomic E-state index is 0.232. The lowest BCUT2D eigenvalue weighted by molar-refractivity contribution is 0.108. The highest BCUT2D eigenvalue weighted by Gasteiger charge is 2.21. The number of aromatic amines is 1. The van der Waals surface area contributed by atoms with E-state index in [0.717, 1.165) is 91.4 Å². The molecule has 2 fully saturated rings. The summed E-state index contributed by atoms with van der Waals surface area (Å²) in [6, 6.07) is 15.0. The van der Waals surface area contributed by atoms with E-state index in [4.69, 9.17) is 14.7 Å². The third-order valence-electron chi connectivity index (χ3n) is 7.17. The summed E-state index contributed by atoms with van der Waals surface area (Å²) in [5.41, 5.74) is 4.39. The molecule has 35 heavy (non-hydrogen) atoms. The van der Waals surface area contributed by atoms with Gasteiger partial charge in [-0.25, -0.2) is 9.97 Å². The Balaban J connectivity index is 1.36. The Morgan fingerprint density at radius 2 is 1.71 bits per heavy atom. The second kappa shape index (κ2) is 9.91. The van der Waals surface area contributed by atoms with Crippen LogP contribution in [0.5, 0.6) is 0 Å². The molecule has 8 heteroatoms. The van der Waals surface area contributed by atoms with Gasteiger partial charge < -0.3 is 19.7 Å². The molecule has 2 N–H and O–H groups in total. The Bertz CT molecular complexity index is 1310. The first-order chi connectivity index (χ1) is 17.3. The number of anilines is 1. The van der Waals surface area contributed by atoms with E-state index in [0.29, 0.717) is 13.2 Å². The van der Waals surface area contributed by atoms with Gasteiger partial charge in [0.25, 0.3) is 0 Å². The number of aromatic nitrogens is 3. The summed E-state index contributed by atoms with van der Waals surface area (Å²) in [7, 11) is 0. The van der Waals surface area contributed by atoms with Crippen molar-refractivity contribution in [3.63, 3.8) is 0 Å². The molecule has 0 amide bonds. The van der Waals surface area contributed by atoms with Gasteiger partial charge in [-0.05, 0) is 29.8 Å². The number of β-amino-alcohol motifs (C(OH)–C–C–N with tert-alkyl or cyclic N) is 1. The first-order valence-corrected chi connectivity index (χ1v) is 12.5. The molecule has 0 saturated carbocycles. The lowest BCUT2D eigenvalue weighted by Gasteiger charge is -2.34. The summed E-state index contributed by atoms with van der Waals surface area (Å²) >= 11 is 0. The molecule has 4 aromatic rings. The fraction of sp³-hybridized carbons (Fsp3) is 0.407. The predicted octanol–water partition coefficient (Wildman–Crippen LogP) is 2.72. The average Bonchev–Trinajstić information content (AvgIpc) is 3.39. The van der Waals surface area contributed by atoms with Crippen molar-refractivity contribution in [1.82, 2.24) is 24.8 Å². The largest absolute Gasteiger partial charge is 0.395 e. The van der Waals surface area contributed by atoms with E-state index in [1.807, 2.05) is 6.20 Å². The molecule has 2 aromatic heterocycles. The fourth-order valence-corrected chi connectivity index (χ4v) is 5.25. The molecule has 0 atom stereocenters. The summed E-state index contributed by atoms with van der Waals surface area (Å²) < 4.78 is 5.63. The van der Waals surface area contributed by atoms with Crippen molar-refractivity contribution >= 4 is 27.6 Å². The van der Waals surface area contributed by atoms with Crippen molar-refractivity contribution in [2.24, 2.45) is 0 Å². The number of rotatable bonds is 6. The van der Waals surface area contributed by atoms with Crippen LogP contribution in [0.2, 0.25) is 0 Å². The zero-order valence-electron chi connectivity index (χ0n) is 20.0. The molecule has 8 nitrogen and oxygen atoms in total. The Kier molecular flexibility index (Phi) is 6.35. The number of piperazine rings is 1. The van der Waals surface area contributed by atoms with Gasteiger partial charge in [-0.15, -0.1) is 0 Å². The number of benzene rings is 2. The molecule has 0 aliphatic carbocycles. The van der Waals surface area contributed by atoms with Gasteiger partial charge >= 0.3 is 0 Å². The summed E-state index contributed by atoms with van der Waals surface area (Å²) in [4.78, 5) is 20.6. The number of morpholine rings is 1. The predicted molar refractivity (Wildman–Crippen MR) is 139 cm³/mol. The van der Waals surface area contributed by atoms with E-state index in [2.05, 4.69) is 62.1 Å². The number of hydrogen-bond donors (Lipinski definition) is 2. The number of nitrogens with zero attached hydrogens (tertiary/aromatic N) is 5. The van der Waals surface area contributed by atoms with Gasteiger partial charge in [0.05, 0.1) is 25.3 Å². The van der Waals surface area contributed by atoms with Crippen molar-refractivity contribution in [1.29, 1.82) is 0 Å². The zero-order valence-corrected chi connectivity index (χ0v) is 20.0. The average molecular weight is 473 g/mol. The van der Waals surface area contributed by atoms with E-state index in [1.54, 1.807) is 0 Å². The first-order valence-electron chi connectivity index (χ1n) is 12.5. The number of aliphatic hydroxyl groups excluding tert-OH is 1. The van der Waals surface area contributed by atoms with Crippen molar-refractivity contribution in [2.75, 3.05) is 70.5 Å². The zero-order chi connectivity index (χ0) is 23.6. The minimum Gasteiger partial charge on any atom is -0.395 e. The van der Waals surface area contributed by atoms with Crippen LogP contribution in [0.4, 0.5) is 5.82 Å². The maximum Gasteiger partial charge on any atom is 0.162 e. The van der Waals surface area contributed by atoms with E-state index in [-0.39, 0.29) is 6.61 Å². The smallest absolute Gasteiger partial charge is 0.162 e. The van der Waals surface area contributed by atoms with Gasteiger partial charge in [-0.3, -0.25) is 9.80 Å². The van der Waals surface area contributed by atoms with Crippen LogP contribution >= 0.6 is 0 Å². The van der Waals surface area contributed by atoms with Crippen LogP contribution in [0, 0.1) is 0 Å². The summed E-state index contributed by atoms with van der Waals surface area (Å²) in [6.45, 7) is 9.05. The second-order valence-electron chi connectivity index (χ2n) is 9.41. The Labute approximate surface area is 205 Å². The highest BCUT2D eigenvalue weighted by molar-refractivity contribution is 5.97. The number of ether oxygens (including phenoxy) is 1. The van der Waals surface area contributed by atoms with Crippen molar-refractivity contribution < 1.29 is 9.84 Å². The van der Waals surface area contributed by atoms with E-state index in [9.17, 15) is 5.11 Å². The van der Waals surface area contributed by atoms with Gasteiger partial charge in [0.15, 0.2) is 5.82 Å². The summed E-state index contributed by atoms with van der Waals surface area (Å²) in [6.07, 6.45) is 1.97. The van der Waals surface area contributed by atoms with Gasteiger partial charge in [0, 0.05) is 80.4 Å². The molecular weight excluding hydrogens is 440 g/mol. The lowest BCUT2D eigenvalue weighted by atomic mass is 10.1. The van der Waals surface area contributed by atoms with Gasteiger partial charge in [-0.1, -0.05) is 18.2 Å². The number of fused-ring (bicyclic) bond motifs is 2. The Morgan fingerprint density at radius 1 is 0.886 bits per heavy atom. The van der Waals surface area contributed by atoms with Crippen LogP contribution in [0.1, 0.15) is 5.56 Å². The Hall–Kier alpha value is -3.04. The Morgan fingerprint density at radius 3 is 2.54 bits per heavy atom. The van der Waals surface area contributed by atoms with Crippen molar-refractivity contribution in [3.05, 3.63) is 54.2 Å². The van der Waals surface area contributed by atoms with Crippen LogP contribution in [-0.4, -0.2) is 95.5 Å². The SMILES string of the molecule is OCCN1CCN(Cc2ccc3nc(-c4cccc5[nH]ccc45)nc(N4CCOCC4)c3c2)CC1. The number of H-pyrrole nitrogens is 1. The van der Waals surface area contributed by atoms with Crippen molar-refractivity contribution in [2.45, 2.75) is 6.54 Å². The van der Waals surface area contributed by atoms with Crippen LogP contribution in [-0.2, 0) is 11.3 Å². The molecule has 0 unspecified atom stereocenters. The first kappa shape index (κ1) is 22.4. The molecule has 4 heterocycles. The maximum absolute atomic E-state index is 9.21. The summed E-state index contributed by atoms with van der Waals surface area (Å²) in [5, 5.41) is 11.4. The van der Waals surface area contributed by atoms with Crippen LogP contribution in [0.3, 0.4) is 0 Å². The van der Waals surface area contributed by atoms with Crippen LogP contribution in [0.15, 0.2) is 48.7 Å². The number of hydrogen-bond acceptors (Lipinski definition) is 7. The highest BCUT2D eigenvalue weighted by atomic mass is 16.5. The molecule has 182 valence electrons. The molecule has 2 saturated heterocycles. The quantitative estimate of drug-likeness (QED) is 0.447. The lowest BCUT2D eigenvalue weighted by Crippen LogP contribution is -2.46. The standard InChI is InChI=1S/C27H32N6O2/c34-15-12-31-8-10-32(11-9-31)19-20-4-5-25-23(18-20)27(33-13-16-35-17-14-33)30-26(29-25)22-2-1-3-24-21(22)6-7-28-24/h1-7,18,28,34H,8-17,19H2. The van der Waals surface area contributed by atoms with Crippen LogP contribution in [0.25, 0.3) is 33.2 Å². The third kappa shape index (κ3) is 4.62. The van der Waals surface area contributed by atoms with Crippen molar-refractivity contribution in [3.8, 4) is 11.4 Å². The topological polar surface area (TPSA) is 80.8 Å². The molecule has 0 spiro atoms. The minimum absolute atomic E-state index is 0.232.